The Bertz CT molecular complexity index is 350. The molecular formula is C9H14IN3O. The number of nitrogen functional groups attached to an aromatic ring is 1. The fourth-order valence-corrected chi connectivity index (χ4v) is 2.19. The molecule has 5 heteroatoms. The minimum absolute atomic E-state index is 0.215. The van der Waals surface area contributed by atoms with E-state index in [0.29, 0.717) is 6.04 Å². The molecule has 0 spiro atoms. The second kappa shape index (κ2) is 3.69. The largest absolute Gasteiger partial charge is 0.383 e. The highest BCUT2D eigenvalue weighted by molar-refractivity contribution is 14.1. The molecule has 14 heavy (non-hydrogen) atoms. The van der Waals surface area contributed by atoms with Crippen molar-refractivity contribution in [2.75, 3.05) is 12.3 Å². The van der Waals surface area contributed by atoms with Crippen LogP contribution >= 0.6 is 22.6 Å². The van der Waals surface area contributed by atoms with Crippen molar-refractivity contribution < 1.29 is 4.74 Å². The van der Waals surface area contributed by atoms with Gasteiger partial charge in [0.25, 0.3) is 0 Å². The predicted molar refractivity (Wildman–Crippen MR) is 63.2 cm³/mol. The van der Waals surface area contributed by atoms with Gasteiger partial charge in [0.15, 0.2) is 0 Å². The van der Waals surface area contributed by atoms with Crippen molar-refractivity contribution in [2.45, 2.75) is 32.4 Å². The standard InChI is InChI=1S/C9H14IN3O/c1-5-8(10)9(11)13(12-5)7-3-4-14-6(7)2/h6-7H,3-4,11H2,1-2H3. The van der Waals surface area contributed by atoms with E-state index in [1.54, 1.807) is 0 Å². The van der Waals surface area contributed by atoms with Gasteiger partial charge in [-0.3, -0.25) is 0 Å². The van der Waals surface area contributed by atoms with Crippen molar-refractivity contribution in [1.82, 2.24) is 9.78 Å². The van der Waals surface area contributed by atoms with Crippen molar-refractivity contribution in [3.05, 3.63) is 9.26 Å². The molecule has 2 unspecified atom stereocenters. The van der Waals surface area contributed by atoms with E-state index < -0.39 is 0 Å². The fraction of sp³-hybridized carbons (Fsp3) is 0.667. The number of aryl methyl sites for hydroxylation is 1. The zero-order valence-electron chi connectivity index (χ0n) is 8.33. The minimum atomic E-state index is 0.215. The molecule has 1 aromatic rings. The quantitative estimate of drug-likeness (QED) is 0.804. The molecule has 0 aromatic carbocycles. The van der Waals surface area contributed by atoms with Crippen LogP contribution in [-0.4, -0.2) is 22.5 Å². The van der Waals surface area contributed by atoms with Gasteiger partial charge in [-0.25, -0.2) is 4.68 Å². The molecular weight excluding hydrogens is 293 g/mol. The second-order valence-corrected chi connectivity index (χ2v) is 4.74. The third-order valence-corrected chi connectivity index (χ3v) is 4.03. The molecule has 0 radical (unpaired) electrons. The summed E-state index contributed by atoms with van der Waals surface area (Å²) >= 11 is 2.23. The maximum atomic E-state index is 5.98. The van der Waals surface area contributed by atoms with E-state index in [-0.39, 0.29) is 6.10 Å². The number of ether oxygens (including phenoxy) is 1. The van der Waals surface area contributed by atoms with Gasteiger partial charge in [0.05, 0.1) is 21.4 Å². The Hall–Kier alpha value is -0.300. The number of rotatable bonds is 1. The Morgan fingerprint density at radius 3 is 2.79 bits per heavy atom. The molecule has 1 saturated heterocycles. The van der Waals surface area contributed by atoms with Crippen LogP contribution in [0.3, 0.4) is 0 Å². The zero-order valence-corrected chi connectivity index (χ0v) is 10.5. The Labute approximate surface area is 96.9 Å². The molecule has 2 N–H and O–H groups in total. The first-order chi connectivity index (χ1) is 6.61. The van der Waals surface area contributed by atoms with Crippen LogP contribution in [0.15, 0.2) is 0 Å². The molecule has 4 nitrogen and oxygen atoms in total. The molecule has 1 aliphatic rings. The van der Waals surface area contributed by atoms with Gasteiger partial charge in [-0.1, -0.05) is 0 Å². The Balaban J connectivity index is 2.36. The number of nitrogens with zero attached hydrogens (tertiary/aromatic N) is 2. The molecule has 0 bridgehead atoms. The average Bonchev–Trinajstić information content (AvgIpc) is 2.66. The number of aromatic nitrogens is 2. The summed E-state index contributed by atoms with van der Waals surface area (Å²) in [6, 6.07) is 0.303. The molecule has 2 atom stereocenters. The highest BCUT2D eigenvalue weighted by Gasteiger charge is 2.28. The minimum Gasteiger partial charge on any atom is -0.383 e. The topological polar surface area (TPSA) is 53.1 Å². The predicted octanol–water partition coefficient (Wildman–Crippen LogP) is 1.73. The Morgan fingerprint density at radius 2 is 2.36 bits per heavy atom. The molecule has 1 fully saturated rings. The summed E-state index contributed by atoms with van der Waals surface area (Å²) in [4.78, 5) is 0. The molecule has 1 aliphatic heterocycles. The monoisotopic (exact) mass is 307 g/mol. The number of hydrogen-bond donors (Lipinski definition) is 1. The molecule has 0 amide bonds. The summed E-state index contributed by atoms with van der Waals surface area (Å²) in [5.41, 5.74) is 6.98. The molecule has 0 aliphatic carbocycles. The van der Waals surface area contributed by atoms with Gasteiger partial charge in [-0.15, -0.1) is 0 Å². The van der Waals surface area contributed by atoms with Gasteiger partial charge in [-0.05, 0) is 42.9 Å². The van der Waals surface area contributed by atoms with Crippen LogP contribution < -0.4 is 5.73 Å². The van der Waals surface area contributed by atoms with Gasteiger partial charge >= 0.3 is 0 Å². The SMILES string of the molecule is Cc1nn(C2CCOC2C)c(N)c1I. The van der Waals surface area contributed by atoms with Crippen molar-refractivity contribution >= 4 is 28.4 Å². The lowest BCUT2D eigenvalue weighted by Crippen LogP contribution is -2.19. The average molecular weight is 307 g/mol. The van der Waals surface area contributed by atoms with Gasteiger partial charge in [0, 0.05) is 6.61 Å². The highest BCUT2D eigenvalue weighted by Crippen LogP contribution is 2.30. The van der Waals surface area contributed by atoms with E-state index in [4.69, 9.17) is 10.5 Å². The first-order valence-electron chi connectivity index (χ1n) is 4.73. The van der Waals surface area contributed by atoms with Crippen molar-refractivity contribution in [3.8, 4) is 0 Å². The number of hydrogen-bond acceptors (Lipinski definition) is 3. The van der Waals surface area contributed by atoms with Crippen LogP contribution in [0.1, 0.15) is 25.1 Å². The maximum absolute atomic E-state index is 5.98. The van der Waals surface area contributed by atoms with E-state index in [0.717, 1.165) is 28.1 Å². The zero-order chi connectivity index (χ0) is 10.3. The van der Waals surface area contributed by atoms with E-state index in [9.17, 15) is 0 Å². The van der Waals surface area contributed by atoms with Crippen LogP contribution in [-0.2, 0) is 4.74 Å². The lowest BCUT2D eigenvalue weighted by atomic mass is 10.2. The van der Waals surface area contributed by atoms with E-state index in [1.165, 1.54) is 0 Å². The lowest BCUT2D eigenvalue weighted by Gasteiger charge is -2.15. The third-order valence-electron chi connectivity index (χ3n) is 2.70. The van der Waals surface area contributed by atoms with Gasteiger partial charge < -0.3 is 10.5 Å². The van der Waals surface area contributed by atoms with Crippen LogP contribution in [0.4, 0.5) is 5.82 Å². The Kier molecular flexibility index (Phi) is 2.70. The van der Waals surface area contributed by atoms with Crippen molar-refractivity contribution in [3.63, 3.8) is 0 Å². The second-order valence-electron chi connectivity index (χ2n) is 3.66. The van der Waals surface area contributed by atoms with E-state index in [1.807, 2.05) is 11.6 Å². The molecule has 1 aromatic heterocycles. The number of anilines is 1. The fourth-order valence-electron chi connectivity index (χ4n) is 1.84. The summed E-state index contributed by atoms with van der Waals surface area (Å²) in [7, 11) is 0. The lowest BCUT2D eigenvalue weighted by molar-refractivity contribution is 0.105. The summed E-state index contributed by atoms with van der Waals surface area (Å²) in [5.74, 6) is 0.769. The normalized spacial score (nSPS) is 27.1. The van der Waals surface area contributed by atoms with Crippen LogP contribution in [0.25, 0.3) is 0 Å². The summed E-state index contributed by atoms with van der Waals surface area (Å²) in [5, 5.41) is 4.45. The summed E-state index contributed by atoms with van der Waals surface area (Å²) in [6.07, 6.45) is 1.22. The van der Waals surface area contributed by atoms with Crippen LogP contribution in [0.5, 0.6) is 0 Å². The van der Waals surface area contributed by atoms with Gasteiger partial charge in [0.2, 0.25) is 0 Å². The Morgan fingerprint density at radius 1 is 1.64 bits per heavy atom. The van der Waals surface area contributed by atoms with Gasteiger partial charge in [0.1, 0.15) is 5.82 Å². The number of halogens is 1. The third kappa shape index (κ3) is 1.52. The van der Waals surface area contributed by atoms with Crippen molar-refractivity contribution in [1.29, 1.82) is 0 Å². The molecule has 2 heterocycles. The number of nitrogens with two attached hydrogens (primary N) is 1. The first kappa shape index (κ1) is 10.2. The van der Waals surface area contributed by atoms with Crippen LogP contribution in [0.2, 0.25) is 0 Å². The molecule has 2 rings (SSSR count). The van der Waals surface area contributed by atoms with Crippen LogP contribution in [0, 0.1) is 10.5 Å². The van der Waals surface area contributed by atoms with E-state index >= 15 is 0 Å². The smallest absolute Gasteiger partial charge is 0.135 e. The summed E-state index contributed by atoms with van der Waals surface area (Å²) in [6.45, 7) is 4.86. The van der Waals surface area contributed by atoms with Crippen molar-refractivity contribution in [2.24, 2.45) is 0 Å². The van der Waals surface area contributed by atoms with Gasteiger partial charge in [-0.2, -0.15) is 5.10 Å². The molecule has 0 saturated carbocycles. The van der Waals surface area contributed by atoms with E-state index in [2.05, 4.69) is 34.6 Å². The summed E-state index contributed by atoms with van der Waals surface area (Å²) < 4.78 is 8.47. The first-order valence-corrected chi connectivity index (χ1v) is 5.81. The maximum Gasteiger partial charge on any atom is 0.135 e. The molecule has 78 valence electrons. The highest BCUT2D eigenvalue weighted by atomic mass is 127.